The molecule has 1 aromatic carbocycles. The first-order chi connectivity index (χ1) is 6.58. The zero-order chi connectivity index (χ0) is 10.6. The first-order valence-electron chi connectivity index (χ1n) is 3.66. The lowest BCUT2D eigenvalue weighted by atomic mass is 10.2. The monoisotopic (exact) mass is 230 g/mol. The maximum absolute atomic E-state index is 5.76. The second kappa shape index (κ2) is 4.83. The molecule has 4 nitrogen and oxygen atoms in total. The average Bonchev–Trinajstić information content (AvgIpc) is 2.01. The van der Waals surface area contributed by atoms with Gasteiger partial charge in [-0.25, -0.2) is 0 Å². The van der Waals surface area contributed by atoms with Crippen LogP contribution in [0.2, 0.25) is 10.0 Å². The van der Waals surface area contributed by atoms with Gasteiger partial charge >= 0.3 is 0 Å². The first-order valence-corrected chi connectivity index (χ1v) is 4.41. The fourth-order valence-corrected chi connectivity index (χ4v) is 1.35. The third-order valence-corrected chi connectivity index (χ3v) is 1.70. The van der Waals surface area contributed by atoms with Crippen molar-refractivity contribution in [3.05, 3.63) is 33.8 Å². The van der Waals surface area contributed by atoms with E-state index >= 15 is 0 Å². The molecule has 0 bridgehead atoms. The van der Waals surface area contributed by atoms with Gasteiger partial charge in [0, 0.05) is 10.0 Å². The first kappa shape index (κ1) is 10.8. The molecule has 0 saturated carbocycles. The van der Waals surface area contributed by atoms with Crippen molar-refractivity contribution >= 4 is 35.4 Å². The van der Waals surface area contributed by atoms with Crippen LogP contribution in [0.25, 0.3) is 0 Å². The molecule has 0 unspecified atom stereocenters. The quantitative estimate of drug-likeness (QED) is 0.460. The molecule has 0 saturated heterocycles. The lowest BCUT2D eigenvalue weighted by Crippen LogP contribution is -2.21. The fourth-order valence-electron chi connectivity index (χ4n) is 0.812. The molecule has 0 atom stereocenters. The van der Waals surface area contributed by atoms with Crippen LogP contribution in [0.4, 0.5) is 0 Å². The number of hydrogen-bond acceptors (Lipinski definition) is 2. The Morgan fingerprint density at radius 1 is 1.14 bits per heavy atom. The molecule has 0 aliphatic heterocycles. The van der Waals surface area contributed by atoms with E-state index in [4.69, 9.17) is 34.7 Å². The highest BCUT2D eigenvalue weighted by molar-refractivity contribution is 6.35. The zero-order valence-electron chi connectivity index (χ0n) is 7.11. The van der Waals surface area contributed by atoms with Gasteiger partial charge in [0.2, 0.25) is 5.96 Å². The van der Waals surface area contributed by atoms with Gasteiger partial charge in [-0.05, 0) is 23.8 Å². The standard InChI is InChI=1S/C8H8Cl2N4/c9-6-1-5(2-7(10)3-6)4-13-14-8(11)12/h1-4H,(H4,11,12,14)/b13-4+. The summed E-state index contributed by atoms with van der Waals surface area (Å²) < 4.78 is 0. The van der Waals surface area contributed by atoms with Gasteiger partial charge in [0.25, 0.3) is 0 Å². The number of nitrogens with two attached hydrogens (primary N) is 2. The average molecular weight is 231 g/mol. The minimum absolute atomic E-state index is 0.102. The highest BCUT2D eigenvalue weighted by Crippen LogP contribution is 2.17. The molecule has 4 N–H and O–H groups in total. The molecule has 0 aliphatic carbocycles. The van der Waals surface area contributed by atoms with Crippen molar-refractivity contribution in [3.8, 4) is 0 Å². The van der Waals surface area contributed by atoms with Crippen molar-refractivity contribution in [1.82, 2.24) is 0 Å². The number of hydrogen-bond donors (Lipinski definition) is 2. The smallest absolute Gasteiger partial charge is 0.211 e. The van der Waals surface area contributed by atoms with Crippen molar-refractivity contribution in [1.29, 1.82) is 0 Å². The number of halogens is 2. The highest BCUT2D eigenvalue weighted by atomic mass is 35.5. The molecule has 6 heteroatoms. The Kier molecular flexibility index (Phi) is 3.73. The summed E-state index contributed by atoms with van der Waals surface area (Å²) in [5.74, 6) is -0.102. The van der Waals surface area contributed by atoms with Crippen molar-refractivity contribution in [2.45, 2.75) is 0 Å². The van der Waals surface area contributed by atoms with E-state index in [0.29, 0.717) is 10.0 Å². The molecule has 14 heavy (non-hydrogen) atoms. The Balaban J connectivity index is 2.87. The van der Waals surface area contributed by atoms with Crippen LogP contribution in [-0.4, -0.2) is 12.2 Å². The van der Waals surface area contributed by atoms with Crippen LogP contribution in [0, 0.1) is 0 Å². The van der Waals surface area contributed by atoms with Crippen molar-refractivity contribution in [3.63, 3.8) is 0 Å². The van der Waals surface area contributed by atoms with E-state index in [1.54, 1.807) is 18.2 Å². The van der Waals surface area contributed by atoms with Crippen LogP contribution >= 0.6 is 23.2 Å². The molecule has 0 spiro atoms. The molecular weight excluding hydrogens is 223 g/mol. The minimum atomic E-state index is -0.102. The van der Waals surface area contributed by atoms with E-state index in [1.165, 1.54) is 6.21 Å². The highest BCUT2D eigenvalue weighted by Gasteiger charge is 1.94. The van der Waals surface area contributed by atoms with E-state index in [0.717, 1.165) is 5.56 Å². The fraction of sp³-hybridized carbons (Fsp3) is 0. The minimum Gasteiger partial charge on any atom is -0.369 e. The van der Waals surface area contributed by atoms with E-state index in [-0.39, 0.29) is 5.96 Å². The summed E-state index contributed by atoms with van der Waals surface area (Å²) in [5, 5.41) is 8.12. The molecule has 0 aromatic heterocycles. The Bertz CT molecular complexity index is 363. The maximum Gasteiger partial charge on any atom is 0.211 e. The summed E-state index contributed by atoms with van der Waals surface area (Å²) in [5.41, 5.74) is 10.9. The number of benzene rings is 1. The van der Waals surface area contributed by atoms with Gasteiger partial charge in [-0.2, -0.15) is 5.10 Å². The molecular formula is C8H8Cl2N4. The van der Waals surface area contributed by atoms with Crippen molar-refractivity contribution < 1.29 is 0 Å². The predicted octanol–water partition coefficient (Wildman–Crippen LogP) is 1.60. The van der Waals surface area contributed by atoms with Crippen molar-refractivity contribution in [2.75, 3.05) is 0 Å². The van der Waals surface area contributed by atoms with Crippen LogP contribution in [0.5, 0.6) is 0 Å². The Labute approximate surface area is 91.2 Å². The van der Waals surface area contributed by atoms with Gasteiger partial charge in [-0.1, -0.05) is 23.2 Å². The summed E-state index contributed by atoms with van der Waals surface area (Å²) in [4.78, 5) is 0. The normalized spacial score (nSPS) is 10.4. The van der Waals surface area contributed by atoms with Gasteiger partial charge in [-0.15, -0.1) is 5.10 Å². The molecule has 1 rings (SSSR count). The van der Waals surface area contributed by atoms with E-state index < -0.39 is 0 Å². The Hall–Kier alpha value is -1.26. The number of nitrogens with zero attached hydrogens (tertiary/aromatic N) is 2. The molecule has 0 aliphatic rings. The van der Waals surface area contributed by atoms with Gasteiger partial charge in [0.15, 0.2) is 0 Å². The number of rotatable bonds is 2. The number of guanidine groups is 1. The third-order valence-electron chi connectivity index (χ3n) is 1.26. The van der Waals surface area contributed by atoms with Gasteiger partial charge in [0.1, 0.15) is 0 Å². The Morgan fingerprint density at radius 2 is 1.71 bits per heavy atom. The molecule has 0 amide bonds. The molecule has 0 fully saturated rings. The van der Waals surface area contributed by atoms with Crippen LogP contribution in [0.3, 0.4) is 0 Å². The summed E-state index contributed by atoms with van der Waals surface area (Å²) in [6.45, 7) is 0. The summed E-state index contributed by atoms with van der Waals surface area (Å²) in [6, 6.07) is 5.01. The third kappa shape index (κ3) is 3.64. The van der Waals surface area contributed by atoms with E-state index in [9.17, 15) is 0 Å². The second-order valence-corrected chi connectivity index (χ2v) is 3.35. The second-order valence-electron chi connectivity index (χ2n) is 2.47. The lowest BCUT2D eigenvalue weighted by Gasteiger charge is -1.95. The van der Waals surface area contributed by atoms with Crippen LogP contribution in [-0.2, 0) is 0 Å². The Morgan fingerprint density at radius 3 is 2.21 bits per heavy atom. The molecule has 1 aromatic rings. The largest absolute Gasteiger partial charge is 0.369 e. The molecule has 74 valence electrons. The van der Waals surface area contributed by atoms with Crippen LogP contribution in [0.1, 0.15) is 5.56 Å². The topological polar surface area (TPSA) is 76.8 Å². The molecule has 0 radical (unpaired) electrons. The van der Waals surface area contributed by atoms with Crippen LogP contribution < -0.4 is 11.5 Å². The lowest BCUT2D eigenvalue weighted by molar-refractivity contribution is 1.21. The SMILES string of the molecule is NC(N)=N/N=C/c1cc(Cl)cc(Cl)c1. The zero-order valence-corrected chi connectivity index (χ0v) is 8.63. The van der Waals surface area contributed by atoms with E-state index in [1.807, 2.05) is 0 Å². The van der Waals surface area contributed by atoms with Gasteiger partial charge in [0.05, 0.1) is 6.21 Å². The van der Waals surface area contributed by atoms with E-state index in [2.05, 4.69) is 10.2 Å². The summed E-state index contributed by atoms with van der Waals surface area (Å²) in [7, 11) is 0. The van der Waals surface area contributed by atoms with Gasteiger partial charge < -0.3 is 11.5 Å². The summed E-state index contributed by atoms with van der Waals surface area (Å²) in [6.07, 6.45) is 1.46. The van der Waals surface area contributed by atoms with Gasteiger partial charge in [-0.3, -0.25) is 0 Å². The predicted molar refractivity (Wildman–Crippen MR) is 59.9 cm³/mol. The van der Waals surface area contributed by atoms with Crippen molar-refractivity contribution in [2.24, 2.45) is 21.7 Å². The molecule has 0 heterocycles. The summed E-state index contributed by atoms with van der Waals surface area (Å²) >= 11 is 11.5. The maximum atomic E-state index is 5.76. The van der Waals surface area contributed by atoms with Crippen LogP contribution in [0.15, 0.2) is 28.4 Å².